The lowest BCUT2D eigenvalue weighted by molar-refractivity contribution is 0.0850. The number of benzene rings is 2. The van der Waals surface area contributed by atoms with Gasteiger partial charge in [0.15, 0.2) is 11.5 Å². The zero-order valence-corrected chi connectivity index (χ0v) is 17.8. The van der Waals surface area contributed by atoms with E-state index in [0.29, 0.717) is 36.8 Å². The Kier molecular flexibility index (Phi) is 6.79. The number of aliphatic hydroxyl groups excluding tert-OH is 1. The summed E-state index contributed by atoms with van der Waals surface area (Å²) in [5.74, 6) is 1.86. The van der Waals surface area contributed by atoms with Gasteiger partial charge in [0.25, 0.3) is 5.91 Å². The number of fused-ring (bicyclic) bond motifs is 1. The molecule has 1 atom stereocenters. The van der Waals surface area contributed by atoms with Crippen LogP contribution >= 0.6 is 0 Å². The maximum atomic E-state index is 12.4. The molecule has 2 aliphatic rings. The minimum atomic E-state index is -0.640. The largest absolute Gasteiger partial charge is 0.495 e. The van der Waals surface area contributed by atoms with Gasteiger partial charge in [-0.15, -0.1) is 0 Å². The Balaban J connectivity index is 1.22. The first kappa shape index (κ1) is 21.3. The number of β-amino-alcohol motifs (C(OH)–C–C–N with tert-alkyl or cyclic N) is 1. The Bertz CT molecular complexity index is 899. The summed E-state index contributed by atoms with van der Waals surface area (Å²) in [6.07, 6.45) is -0.640. The Hall–Kier alpha value is -2.97. The fourth-order valence-electron chi connectivity index (χ4n) is 3.92. The van der Waals surface area contributed by atoms with Gasteiger partial charge in [0.1, 0.15) is 19.0 Å². The van der Waals surface area contributed by atoms with Crippen LogP contribution in [0.2, 0.25) is 0 Å². The van der Waals surface area contributed by atoms with Crippen molar-refractivity contribution in [2.24, 2.45) is 0 Å². The van der Waals surface area contributed by atoms with Crippen molar-refractivity contribution in [2.45, 2.75) is 6.10 Å². The number of hydrogen-bond donors (Lipinski definition) is 2. The predicted molar refractivity (Wildman–Crippen MR) is 117 cm³/mol. The van der Waals surface area contributed by atoms with E-state index in [1.54, 1.807) is 25.3 Å². The van der Waals surface area contributed by atoms with E-state index in [0.717, 1.165) is 37.6 Å². The molecule has 1 saturated heterocycles. The first-order valence-electron chi connectivity index (χ1n) is 10.6. The maximum Gasteiger partial charge on any atom is 0.251 e. The van der Waals surface area contributed by atoms with Crippen LogP contribution in [0.25, 0.3) is 0 Å². The lowest BCUT2D eigenvalue weighted by Crippen LogP contribution is -2.50. The van der Waals surface area contributed by atoms with Crippen LogP contribution in [0.3, 0.4) is 0 Å². The number of nitrogens with one attached hydrogen (secondary N) is 1. The number of methoxy groups -OCH3 is 1. The highest BCUT2D eigenvalue weighted by Gasteiger charge is 2.22. The number of rotatable bonds is 7. The number of para-hydroxylation sites is 2. The lowest BCUT2D eigenvalue weighted by Gasteiger charge is -2.37. The molecular weight excluding hydrogens is 398 g/mol. The molecule has 8 nitrogen and oxygen atoms in total. The third-order valence-electron chi connectivity index (χ3n) is 5.57. The van der Waals surface area contributed by atoms with Crippen LogP contribution in [0.5, 0.6) is 17.2 Å². The summed E-state index contributed by atoms with van der Waals surface area (Å²) in [7, 11) is 1.69. The van der Waals surface area contributed by atoms with Crippen molar-refractivity contribution in [2.75, 3.05) is 64.5 Å². The molecule has 1 amide bonds. The molecule has 166 valence electrons. The molecule has 2 aromatic carbocycles. The molecule has 2 N–H and O–H groups in total. The topological polar surface area (TPSA) is 83.5 Å². The van der Waals surface area contributed by atoms with Crippen molar-refractivity contribution >= 4 is 11.6 Å². The van der Waals surface area contributed by atoms with Crippen LogP contribution in [0.4, 0.5) is 5.69 Å². The number of carbonyl (C=O) groups excluding carboxylic acids is 1. The molecule has 0 bridgehead atoms. The molecule has 4 rings (SSSR count). The minimum absolute atomic E-state index is 0.194. The SMILES string of the molecule is COc1ccccc1N1CCN(CC(O)CNC(=O)c2ccc3c(c2)OCCO3)CC1. The minimum Gasteiger partial charge on any atom is -0.495 e. The predicted octanol–water partition coefficient (Wildman–Crippen LogP) is 1.38. The summed E-state index contributed by atoms with van der Waals surface area (Å²) in [5, 5.41) is 13.2. The molecule has 0 spiro atoms. The number of aliphatic hydroxyl groups is 1. The zero-order valence-electron chi connectivity index (χ0n) is 17.8. The third kappa shape index (κ3) is 5.21. The van der Waals surface area contributed by atoms with Gasteiger partial charge in [-0.05, 0) is 30.3 Å². The molecule has 0 aromatic heterocycles. The van der Waals surface area contributed by atoms with Crippen LogP contribution in [-0.2, 0) is 0 Å². The highest BCUT2D eigenvalue weighted by atomic mass is 16.6. The molecule has 1 fully saturated rings. The van der Waals surface area contributed by atoms with Gasteiger partial charge in [0.05, 0.1) is 18.9 Å². The Labute approximate surface area is 182 Å². The second-order valence-electron chi connectivity index (χ2n) is 7.68. The van der Waals surface area contributed by atoms with Crippen molar-refractivity contribution in [3.05, 3.63) is 48.0 Å². The average Bonchev–Trinajstić information content (AvgIpc) is 2.82. The number of hydrogen-bond acceptors (Lipinski definition) is 7. The molecule has 2 aliphatic heterocycles. The summed E-state index contributed by atoms with van der Waals surface area (Å²) >= 11 is 0. The van der Waals surface area contributed by atoms with Gasteiger partial charge in [0, 0.05) is 44.8 Å². The Morgan fingerprint density at radius 1 is 1.10 bits per heavy atom. The van der Waals surface area contributed by atoms with Crippen molar-refractivity contribution in [1.82, 2.24) is 10.2 Å². The number of piperazine rings is 1. The van der Waals surface area contributed by atoms with Gasteiger partial charge in [-0.25, -0.2) is 0 Å². The summed E-state index contributed by atoms with van der Waals surface area (Å²) in [5.41, 5.74) is 1.58. The van der Waals surface area contributed by atoms with E-state index in [2.05, 4.69) is 21.2 Å². The van der Waals surface area contributed by atoms with E-state index in [4.69, 9.17) is 14.2 Å². The summed E-state index contributed by atoms with van der Waals surface area (Å²) in [6.45, 7) is 5.09. The van der Waals surface area contributed by atoms with Crippen LogP contribution < -0.4 is 24.4 Å². The molecular formula is C23H29N3O5. The quantitative estimate of drug-likeness (QED) is 0.691. The monoisotopic (exact) mass is 427 g/mol. The van der Waals surface area contributed by atoms with Crippen molar-refractivity contribution in [3.63, 3.8) is 0 Å². The van der Waals surface area contributed by atoms with Gasteiger partial charge in [-0.1, -0.05) is 12.1 Å². The summed E-state index contributed by atoms with van der Waals surface area (Å²) < 4.78 is 16.5. The smallest absolute Gasteiger partial charge is 0.251 e. The highest BCUT2D eigenvalue weighted by molar-refractivity contribution is 5.94. The van der Waals surface area contributed by atoms with Gasteiger partial charge < -0.3 is 29.5 Å². The van der Waals surface area contributed by atoms with Gasteiger partial charge in [0.2, 0.25) is 0 Å². The number of carbonyl (C=O) groups is 1. The molecule has 8 heteroatoms. The first-order chi connectivity index (χ1) is 15.1. The average molecular weight is 428 g/mol. The fraction of sp³-hybridized carbons (Fsp3) is 0.435. The van der Waals surface area contributed by atoms with Crippen LogP contribution in [0.15, 0.2) is 42.5 Å². The van der Waals surface area contributed by atoms with E-state index in [9.17, 15) is 9.90 Å². The molecule has 2 aromatic rings. The molecule has 0 aliphatic carbocycles. The fourth-order valence-corrected chi connectivity index (χ4v) is 3.92. The number of ether oxygens (including phenoxy) is 3. The second kappa shape index (κ2) is 9.89. The van der Waals surface area contributed by atoms with Crippen LogP contribution in [-0.4, -0.2) is 81.6 Å². The third-order valence-corrected chi connectivity index (χ3v) is 5.57. The highest BCUT2D eigenvalue weighted by Crippen LogP contribution is 2.31. The molecule has 2 heterocycles. The van der Waals surface area contributed by atoms with E-state index in [1.165, 1.54) is 0 Å². The molecule has 1 unspecified atom stereocenters. The zero-order chi connectivity index (χ0) is 21.6. The summed E-state index contributed by atoms with van der Waals surface area (Å²) in [4.78, 5) is 16.9. The molecule has 0 radical (unpaired) electrons. The second-order valence-corrected chi connectivity index (χ2v) is 7.68. The summed E-state index contributed by atoms with van der Waals surface area (Å²) in [6, 6.07) is 13.1. The van der Waals surface area contributed by atoms with E-state index in [-0.39, 0.29) is 12.5 Å². The first-order valence-corrected chi connectivity index (χ1v) is 10.6. The molecule has 0 saturated carbocycles. The van der Waals surface area contributed by atoms with Gasteiger partial charge >= 0.3 is 0 Å². The van der Waals surface area contributed by atoms with Crippen LogP contribution in [0.1, 0.15) is 10.4 Å². The Morgan fingerprint density at radius 2 is 1.84 bits per heavy atom. The number of amides is 1. The van der Waals surface area contributed by atoms with E-state index in [1.807, 2.05) is 18.2 Å². The van der Waals surface area contributed by atoms with Crippen molar-refractivity contribution in [3.8, 4) is 17.2 Å². The van der Waals surface area contributed by atoms with E-state index >= 15 is 0 Å². The van der Waals surface area contributed by atoms with Crippen molar-refractivity contribution in [1.29, 1.82) is 0 Å². The lowest BCUT2D eigenvalue weighted by atomic mass is 10.1. The number of anilines is 1. The van der Waals surface area contributed by atoms with E-state index < -0.39 is 6.10 Å². The molecule has 31 heavy (non-hydrogen) atoms. The normalized spacial score (nSPS) is 17.2. The Morgan fingerprint density at radius 3 is 2.61 bits per heavy atom. The van der Waals surface area contributed by atoms with Gasteiger partial charge in [-0.3, -0.25) is 9.69 Å². The van der Waals surface area contributed by atoms with Gasteiger partial charge in [-0.2, -0.15) is 0 Å². The number of nitrogens with zero attached hydrogens (tertiary/aromatic N) is 2. The van der Waals surface area contributed by atoms with Crippen LogP contribution in [0, 0.1) is 0 Å². The maximum absolute atomic E-state index is 12.4. The van der Waals surface area contributed by atoms with Crippen molar-refractivity contribution < 1.29 is 24.1 Å². The standard InChI is InChI=1S/C23H29N3O5/c1-29-20-5-3-2-4-19(20)26-10-8-25(9-11-26)16-18(27)15-24-23(28)17-6-7-21-22(14-17)31-13-12-30-21/h2-7,14,18,27H,8-13,15-16H2,1H3,(H,24,28).